The molecule has 0 bridgehead atoms. The van der Waals surface area contributed by atoms with E-state index in [0.717, 1.165) is 23.4 Å². The van der Waals surface area contributed by atoms with Gasteiger partial charge in [0.1, 0.15) is 5.82 Å². The summed E-state index contributed by atoms with van der Waals surface area (Å²) in [7, 11) is 2.02. The molecule has 0 aliphatic carbocycles. The van der Waals surface area contributed by atoms with Crippen LogP contribution in [0.4, 0.5) is 0 Å². The zero-order valence-corrected chi connectivity index (χ0v) is 10.3. The maximum Gasteiger partial charge on any atom is 0.126 e. The van der Waals surface area contributed by atoms with Gasteiger partial charge >= 0.3 is 0 Å². The Morgan fingerprint density at radius 3 is 2.82 bits per heavy atom. The lowest BCUT2D eigenvalue weighted by Gasteiger charge is -2.16. The predicted molar refractivity (Wildman–Crippen MR) is 68.8 cm³/mol. The third-order valence-electron chi connectivity index (χ3n) is 3.00. The van der Waals surface area contributed by atoms with Crippen LogP contribution in [0.25, 0.3) is 11.0 Å². The van der Waals surface area contributed by atoms with Gasteiger partial charge in [-0.25, -0.2) is 4.98 Å². The molecule has 1 aromatic heterocycles. The van der Waals surface area contributed by atoms with E-state index in [1.54, 1.807) is 0 Å². The Morgan fingerprint density at radius 1 is 1.41 bits per heavy atom. The molecule has 2 aromatic rings. The topological polar surface area (TPSA) is 50.1 Å². The third-order valence-corrected chi connectivity index (χ3v) is 3.00. The number of hydrogen-bond acceptors (Lipinski definition) is 3. The average Bonchev–Trinajstić information content (AvgIpc) is 2.67. The number of hydrogen-bond donors (Lipinski definition) is 2. The number of rotatable bonds is 5. The van der Waals surface area contributed by atoms with Crippen molar-refractivity contribution in [3.8, 4) is 0 Å². The Balaban J connectivity index is 2.42. The van der Waals surface area contributed by atoms with Gasteiger partial charge in [-0.2, -0.15) is 0 Å². The molecule has 2 N–H and O–H groups in total. The Morgan fingerprint density at radius 2 is 2.18 bits per heavy atom. The fourth-order valence-corrected chi connectivity index (χ4v) is 2.17. The molecule has 17 heavy (non-hydrogen) atoms. The van der Waals surface area contributed by atoms with Crippen LogP contribution in [0.2, 0.25) is 0 Å². The molecular weight excluding hydrogens is 214 g/mol. The van der Waals surface area contributed by atoms with Gasteiger partial charge in [0, 0.05) is 13.7 Å². The van der Waals surface area contributed by atoms with Gasteiger partial charge in [-0.15, -0.1) is 0 Å². The highest BCUT2D eigenvalue weighted by Gasteiger charge is 2.16. The lowest BCUT2D eigenvalue weighted by molar-refractivity contribution is 0.262. The molecule has 0 radical (unpaired) electrons. The maximum atomic E-state index is 9.11. The largest absolute Gasteiger partial charge is 0.396 e. The number of nitrogens with one attached hydrogen (secondary N) is 1. The number of aryl methyl sites for hydroxylation is 1. The molecule has 92 valence electrons. The Kier molecular flexibility index (Phi) is 3.76. The number of benzene rings is 1. The second-order valence-electron chi connectivity index (χ2n) is 4.14. The molecule has 1 aromatic carbocycles. The van der Waals surface area contributed by atoms with Gasteiger partial charge < -0.3 is 15.0 Å². The number of aliphatic hydroxyl groups is 1. The minimum Gasteiger partial charge on any atom is -0.396 e. The van der Waals surface area contributed by atoms with E-state index in [-0.39, 0.29) is 12.6 Å². The number of para-hydroxylation sites is 2. The van der Waals surface area contributed by atoms with Crippen LogP contribution in [0.3, 0.4) is 0 Å². The van der Waals surface area contributed by atoms with Gasteiger partial charge in [0.05, 0.1) is 17.1 Å². The zero-order chi connectivity index (χ0) is 12.3. The molecule has 1 heterocycles. The highest BCUT2D eigenvalue weighted by molar-refractivity contribution is 5.75. The van der Waals surface area contributed by atoms with Crippen molar-refractivity contribution in [1.29, 1.82) is 0 Å². The van der Waals surface area contributed by atoms with Crippen molar-refractivity contribution < 1.29 is 5.11 Å². The molecule has 0 amide bonds. The molecule has 1 unspecified atom stereocenters. The smallest absolute Gasteiger partial charge is 0.126 e. The summed E-state index contributed by atoms with van der Waals surface area (Å²) in [4.78, 5) is 4.64. The molecule has 0 aliphatic heterocycles. The van der Waals surface area contributed by atoms with Crippen molar-refractivity contribution in [3.05, 3.63) is 30.1 Å². The quantitative estimate of drug-likeness (QED) is 0.825. The van der Waals surface area contributed by atoms with Gasteiger partial charge in [0.15, 0.2) is 0 Å². The zero-order valence-electron chi connectivity index (χ0n) is 10.3. The number of imidazole rings is 1. The van der Waals surface area contributed by atoms with E-state index >= 15 is 0 Å². The van der Waals surface area contributed by atoms with E-state index in [9.17, 15) is 0 Å². The van der Waals surface area contributed by atoms with Crippen molar-refractivity contribution >= 4 is 11.0 Å². The van der Waals surface area contributed by atoms with E-state index in [1.807, 2.05) is 25.2 Å². The highest BCUT2D eigenvalue weighted by atomic mass is 16.3. The summed E-state index contributed by atoms with van der Waals surface area (Å²) in [6.07, 6.45) is 0.686. The fraction of sp³-hybridized carbons (Fsp3) is 0.462. The lowest BCUT2D eigenvalue weighted by atomic mass is 10.2. The van der Waals surface area contributed by atoms with Crippen molar-refractivity contribution in [2.45, 2.75) is 19.4 Å². The molecule has 2 rings (SSSR count). The number of fused-ring (bicyclic) bond motifs is 1. The second-order valence-corrected chi connectivity index (χ2v) is 4.14. The van der Waals surface area contributed by atoms with E-state index in [2.05, 4.69) is 27.9 Å². The predicted octanol–water partition coefficient (Wildman–Crippen LogP) is 1.61. The molecule has 4 heteroatoms. The van der Waals surface area contributed by atoms with Crippen LogP contribution in [-0.4, -0.2) is 27.8 Å². The molecule has 4 nitrogen and oxygen atoms in total. The molecule has 0 aliphatic rings. The van der Waals surface area contributed by atoms with E-state index in [1.165, 1.54) is 0 Å². The number of nitrogens with zero attached hydrogens (tertiary/aromatic N) is 2. The van der Waals surface area contributed by atoms with Crippen LogP contribution >= 0.6 is 0 Å². The maximum absolute atomic E-state index is 9.11. The summed E-state index contributed by atoms with van der Waals surface area (Å²) in [5.74, 6) is 0.988. The lowest BCUT2D eigenvalue weighted by Crippen LogP contribution is -2.24. The molecule has 0 fully saturated rings. The first-order valence-electron chi connectivity index (χ1n) is 6.03. The summed E-state index contributed by atoms with van der Waals surface area (Å²) < 4.78 is 2.10. The fourth-order valence-electron chi connectivity index (χ4n) is 2.17. The van der Waals surface area contributed by atoms with Crippen LogP contribution in [0, 0.1) is 0 Å². The normalized spacial score (nSPS) is 13.1. The van der Waals surface area contributed by atoms with Gasteiger partial charge in [-0.3, -0.25) is 0 Å². The molecule has 0 saturated heterocycles. The van der Waals surface area contributed by atoms with Crippen molar-refractivity contribution in [2.75, 3.05) is 13.2 Å². The van der Waals surface area contributed by atoms with Gasteiger partial charge in [-0.1, -0.05) is 19.1 Å². The van der Waals surface area contributed by atoms with Gasteiger partial charge in [0.25, 0.3) is 0 Å². The van der Waals surface area contributed by atoms with Crippen LogP contribution in [0.1, 0.15) is 25.2 Å². The van der Waals surface area contributed by atoms with Crippen LogP contribution < -0.4 is 5.32 Å². The molecule has 1 atom stereocenters. The van der Waals surface area contributed by atoms with Crippen molar-refractivity contribution in [2.24, 2.45) is 7.05 Å². The summed E-state index contributed by atoms with van der Waals surface area (Å²) in [6, 6.07) is 8.20. The third kappa shape index (κ3) is 2.33. The molecule has 0 spiro atoms. The summed E-state index contributed by atoms with van der Waals surface area (Å²) in [5, 5.41) is 12.5. The van der Waals surface area contributed by atoms with E-state index in [4.69, 9.17) is 5.11 Å². The minimum atomic E-state index is 0.113. The molecule has 0 saturated carbocycles. The Hall–Kier alpha value is -1.39. The Bertz CT molecular complexity index is 486. The average molecular weight is 233 g/mol. The van der Waals surface area contributed by atoms with Crippen LogP contribution in [0.15, 0.2) is 24.3 Å². The summed E-state index contributed by atoms with van der Waals surface area (Å²) in [6.45, 7) is 3.10. The van der Waals surface area contributed by atoms with Crippen molar-refractivity contribution in [3.63, 3.8) is 0 Å². The highest BCUT2D eigenvalue weighted by Crippen LogP contribution is 2.21. The first-order valence-corrected chi connectivity index (χ1v) is 6.03. The number of aromatic nitrogens is 2. The SMILES string of the molecule is CCNC(CCO)c1nc2ccccc2n1C. The molecular formula is C13H19N3O. The first-order chi connectivity index (χ1) is 8.27. The van der Waals surface area contributed by atoms with Gasteiger partial charge in [0.2, 0.25) is 0 Å². The summed E-state index contributed by atoms with van der Waals surface area (Å²) >= 11 is 0. The minimum absolute atomic E-state index is 0.113. The standard InChI is InChI=1S/C13H19N3O/c1-3-14-11(8-9-17)13-15-10-6-4-5-7-12(10)16(13)2/h4-7,11,14,17H,3,8-9H2,1-2H3. The van der Waals surface area contributed by atoms with Crippen molar-refractivity contribution in [1.82, 2.24) is 14.9 Å². The second kappa shape index (κ2) is 5.29. The van der Waals surface area contributed by atoms with Crippen LogP contribution in [0.5, 0.6) is 0 Å². The van der Waals surface area contributed by atoms with E-state index < -0.39 is 0 Å². The van der Waals surface area contributed by atoms with Gasteiger partial charge in [-0.05, 0) is 25.1 Å². The Labute approximate surface area is 101 Å². The monoisotopic (exact) mass is 233 g/mol. The summed E-state index contributed by atoms with van der Waals surface area (Å²) in [5.41, 5.74) is 2.13. The first kappa shape index (κ1) is 12.1. The van der Waals surface area contributed by atoms with Crippen LogP contribution in [-0.2, 0) is 7.05 Å². The van der Waals surface area contributed by atoms with E-state index in [0.29, 0.717) is 6.42 Å². The number of aliphatic hydroxyl groups excluding tert-OH is 1.